The van der Waals surface area contributed by atoms with Crippen LogP contribution in [0.4, 0.5) is 4.39 Å². The minimum Gasteiger partial charge on any atom is -0.210 e. The Kier molecular flexibility index (Phi) is 3.40. The van der Waals surface area contributed by atoms with Crippen molar-refractivity contribution in [2.75, 3.05) is 6.54 Å². The van der Waals surface area contributed by atoms with Gasteiger partial charge in [0.25, 0.3) is 0 Å². The van der Waals surface area contributed by atoms with Gasteiger partial charge in [0.05, 0.1) is 4.90 Å². The Morgan fingerprint density at radius 3 is 2.45 bits per heavy atom. The summed E-state index contributed by atoms with van der Waals surface area (Å²) < 4.78 is 39.8. The summed E-state index contributed by atoms with van der Waals surface area (Å²) in [7, 11) is -3.57. The third-order valence-corrected chi connectivity index (χ3v) is 6.16. The Labute approximate surface area is 121 Å². The first-order chi connectivity index (χ1) is 9.52. The molecule has 20 heavy (non-hydrogen) atoms. The zero-order valence-corrected chi connectivity index (χ0v) is 12.3. The second-order valence-corrected chi connectivity index (χ2v) is 7.75. The summed E-state index contributed by atoms with van der Waals surface area (Å²) >= 11 is 1.66. The summed E-state index contributed by atoms with van der Waals surface area (Å²) in [5.41, 5.74) is -0.0404. The van der Waals surface area contributed by atoms with Crippen LogP contribution in [0.15, 0.2) is 46.7 Å². The summed E-state index contributed by atoms with van der Waals surface area (Å²) in [4.78, 5) is 1.32. The molecule has 106 valence electrons. The minimum absolute atomic E-state index is 0.0404. The molecule has 1 heterocycles. The lowest BCUT2D eigenvalue weighted by Gasteiger charge is -2.14. The highest BCUT2D eigenvalue weighted by molar-refractivity contribution is 7.89. The number of hydrogen-bond acceptors (Lipinski definition) is 3. The highest BCUT2D eigenvalue weighted by atomic mass is 32.2. The molecule has 0 radical (unpaired) electrons. The fourth-order valence-electron chi connectivity index (χ4n) is 2.17. The van der Waals surface area contributed by atoms with E-state index in [1.165, 1.54) is 17.0 Å². The molecule has 1 aliphatic carbocycles. The second kappa shape index (κ2) is 4.95. The van der Waals surface area contributed by atoms with E-state index in [4.69, 9.17) is 0 Å². The van der Waals surface area contributed by atoms with Crippen LogP contribution >= 0.6 is 11.3 Å². The van der Waals surface area contributed by atoms with Gasteiger partial charge < -0.3 is 0 Å². The van der Waals surface area contributed by atoms with Crippen molar-refractivity contribution in [1.29, 1.82) is 0 Å². The summed E-state index contributed by atoms with van der Waals surface area (Å²) in [5, 5.41) is 2.00. The standard InChI is InChI=1S/C14H14FNO2S2/c15-11-3-5-12(6-4-11)20(17,18)16-10-14(7-8-14)13-2-1-9-19-13/h1-6,9,16H,7-8,10H2. The molecular formula is C14H14FNO2S2. The molecule has 1 N–H and O–H groups in total. The van der Waals surface area contributed by atoms with Gasteiger partial charge in [-0.2, -0.15) is 0 Å². The topological polar surface area (TPSA) is 46.2 Å². The van der Waals surface area contributed by atoms with E-state index in [0.29, 0.717) is 6.54 Å². The van der Waals surface area contributed by atoms with Crippen LogP contribution in [0.3, 0.4) is 0 Å². The van der Waals surface area contributed by atoms with E-state index < -0.39 is 15.8 Å². The maximum Gasteiger partial charge on any atom is 0.240 e. The summed E-state index contributed by atoms with van der Waals surface area (Å²) in [6.07, 6.45) is 2.00. The molecule has 1 fully saturated rings. The molecule has 2 aromatic rings. The van der Waals surface area contributed by atoms with Crippen LogP contribution in [0.25, 0.3) is 0 Å². The van der Waals surface area contributed by atoms with E-state index in [-0.39, 0.29) is 10.3 Å². The van der Waals surface area contributed by atoms with Crippen molar-refractivity contribution in [3.8, 4) is 0 Å². The van der Waals surface area contributed by atoms with Gasteiger partial charge in [-0.3, -0.25) is 0 Å². The van der Waals surface area contributed by atoms with E-state index in [9.17, 15) is 12.8 Å². The highest BCUT2D eigenvalue weighted by Gasteiger charge is 2.45. The lowest BCUT2D eigenvalue weighted by molar-refractivity contribution is 0.568. The molecule has 0 saturated heterocycles. The molecule has 3 rings (SSSR count). The Hall–Kier alpha value is -1.24. The zero-order valence-electron chi connectivity index (χ0n) is 10.7. The van der Waals surface area contributed by atoms with Gasteiger partial charge in [-0.15, -0.1) is 11.3 Å². The van der Waals surface area contributed by atoms with Crippen molar-refractivity contribution in [2.45, 2.75) is 23.2 Å². The van der Waals surface area contributed by atoms with E-state index in [2.05, 4.69) is 4.72 Å². The third-order valence-electron chi connectivity index (χ3n) is 3.62. The molecular weight excluding hydrogens is 297 g/mol. The molecule has 0 spiro atoms. The van der Waals surface area contributed by atoms with E-state index >= 15 is 0 Å². The highest BCUT2D eigenvalue weighted by Crippen LogP contribution is 2.49. The average Bonchev–Trinajstić information content (AvgIpc) is 3.01. The van der Waals surface area contributed by atoms with Crippen molar-refractivity contribution in [3.05, 3.63) is 52.5 Å². The summed E-state index contributed by atoms with van der Waals surface area (Å²) in [5.74, 6) is -0.443. The summed E-state index contributed by atoms with van der Waals surface area (Å²) in [6.45, 7) is 0.396. The number of thiophene rings is 1. The molecule has 1 saturated carbocycles. The number of halogens is 1. The number of sulfonamides is 1. The van der Waals surface area contributed by atoms with E-state index in [1.54, 1.807) is 11.3 Å². The Balaban J connectivity index is 1.73. The summed E-state index contributed by atoms with van der Waals surface area (Å²) in [6, 6.07) is 8.89. The first-order valence-electron chi connectivity index (χ1n) is 6.31. The van der Waals surface area contributed by atoms with Crippen LogP contribution < -0.4 is 4.72 Å². The molecule has 0 atom stereocenters. The normalized spacial score (nSPS) is 17.1. The van der Waals surface area contributed by atoms with Crippen molar-refractivity contribution >= 4 is 21.4 Å². The first-order valence-corrected chi connectivity index (χ1v) is 8.67. The lowest BCUT2D eigenvalue weighted by atomic mass is 10.1. The Morgan fingerprint density at radius 1 is 1.20 bits per heavy atom. The van der Waals surface area contributed by atoms with E-state index in [0.717, 1.165) is 25.0 Å². The van der Waals surface area contributed by atoms with Gasteiger partial charge in [0.2, 0.25) is 10.0 Å². The van der Waals surface area contributed by atoms with Crippen LogP contribution in [0, 0.1) is 5.82 Å². The number of nitrogens with one attached hydrogen (secondary N) is 1. The molecule has 0 bridgehead atoms. The molecule has 0 aliphatic heterocycles. The Bertz CT molecular complexity index is 689. The number of hydrogen-bond donors (Lipinski definition) is 1. The van der Waals surface area contributed by atoms with Crippen molar-refractivity contribution in [2.24, 2.45) is 0 Å². The maximum absolute atomic E-state index is 12.8. The van der Waals surface area contributed by atoms with Gasteiger partial charge in [-0.05, 0) is 48.6 Å². The molecule has 1 aromatic carbocycles. The second-order valence-electron chi connectivity index (χ2n) is 5.04. The van der Waals surface area contributed by atoms with Crippen molar-refractivity contribution in [1.82, 2.24) is 4.72 Å². The van der Waals surface area contributed by atoms with Gasteiger partial charge in [0.15, 0.2) is 0 Å². The van der Waals surface area contributed by atoms with Gasteiger partial charge in [-0.1, -0.05) is 6.07 Å². The van der Waals surface area contributed by atoms with Crippen LogP contribution in [-0.2, 0) is 15.4 Å². The van der Waals surface area contributed by atoms with E-state index in [1.807, 2.05) is 17.5 Å². The monoisotopic (exact) mass is 311 g/mol. The lowest BCUT2D eigenvalue weighted by Crippen LogP contribution is -2.31. The smallest absolute Gasteiger partial charge is 0.210 e. The van der Waals surface area contributed by atoms with Gasteiger partial charge in [0, 0.05) is 16.8 Å². The molecule has 1 aromatic heterocycles. The average molecular weight is 311 g/mol. The largest absolute Gasteiger partial charge is 0.240 e. The predicted octanol–water partition coefficient (Wildman–Crippen LogP) is 2.90. The van der Waals surface area contributed by atoms with Crippen molar-refractivity contribution < 1.29 is 12.8 Å². The molecule has 6 heteroatoms. The predicted molar refractivity (Wildman–Crippen MR) is 76.8 cm³/mol. The van der Waals surface area contributed by atoms with Gasteiger partial charge in [0.1, 0.15) is 5.82 Å². The van der Waals surface area contributed by atoms with Crippen LogP contribution in [0.5, 0.6) is 0 Å². The quantitative estimate of drug-likeness (QED) is 0.923. The fraction of sp³-hybridized carbons (Fsp3) is 0.286. The zero-order chi connectivity index (χ0) is 14.2. The number of benzene rings is 1. The van der Waals surface area contributed by atoms with Gasteiger partial charge in [-0.25, -0.2) is 17.5 Å². The minimum atomic E-state index is -3.57. The fourth-order valence-corrected chi connectivity index (χ4v) is 4.29. The first kappa shape index (κ1) is 13.7. The van der Waals surface area contributed by atoms with Crippen molar-refractivity contribution in [3.63, 3.8) is 0 Å². The van der Waals surface area contributed by atoms with Crippen LogP contribution in [-0.4, -0.2) is 15.0 Å². The molecule has 0 unspecified atom stereocenters. The van der Waals surface area contributed by atoms with Crippen LogP contribution in [0.2, 0.25) is 0 Å². The Morgan fingerprint density at radius 2 is 1.90 bits per heavy atom. The molecule has 3 nitrogen and oxygen atoms in total. The number of rotatable bonds is 5. The van der Waals surface area contributed by atoms with Crippen LogP contribution in [0.1, 0.15) is 17.7 Å². The molecule has 0 amide bonds. The third kappa shape index (κ3) is 2.63. The molecule has 1 aliphatic rings. The van der Waals surface area contributed by atoms with Gasteiger partial charge >= 0.3 is 0 Å². The SMILES string of the molecule is O=S(=O)(NCC1(c2cccs2)CC1)c1ccc(F)cc1. The maximum atomic E-state index is 12.8.